The van der Waals surface area contributed by atoms with E-state index in [1.807, 2.05) is 13.8 Å². The largest absolute Gasteiger partial charge is 0.409 e. The molecule has 1 atom stereocenters. The minimum absolute atomic E-state index is 0.00408. The molecule has 1 saturated heterocycles. The van der Waals surface area contributed by atoms with Crippen LogP contribution in [0.15, 0.2) is 5.16 Å². The summed E-state index contributed by atoms with van der Waals surface area (Å²) in [5, 5.41) is 14.5. The molecule has 1 aliphatic rings. The van der Waals surface area contributed by atoms with Crippen molar-refractivity contribution in [1.29, 1.82) is 0 Å². The van der Waals surface area contributed by atoms with Gasteiger partial charge < -0.3 is 21.0 Å². The fourth-order valence-corrected chi connectivity index (χ4v) is 2.15. The first-order chi connectivity index (χ1) is 8.56. The van der Waals surface area contributed by atoms with Crippen LogP contribution in [0, 0.1) is 17.8 Å². The van der Waals surface area contributed by atoms with Gasteiger partial charge in [-0.05, 0) is 24.7 Å². The van der Waals surface area contributed by atoms with Crippen LogP contribution in [-0.4, -0.2) is 36.7 Å². The van der Waals surface area contributed by atoms with Crippen LogP contribution in [0.4, 0.5) is 0 Å². The summed E-state index contributed by atoms with van der Waals surface area (Å²) in [6.45, 7) is 5.89. The van der Waals surface area contributed by atoms with E-state index in [4.69, 9.17) is 15.7 Å². The molecule has 1 fully saturated rings. The number of carbonyl (C=O) groups excluding carboxylic acids is 1. The number of nitrogens with two attached hydrogens (primary N) is 1. The summed E-state index contributed by atoms with van der Waals surface area (Å²) < 4.78 is 5.26. The molecule has 0 aromatic carbocycles. The number of ether oxygens (including phenoxy) is 1. The third kappa shape index (κ3) is 4.18. The molecule has 4 N–H and O–H groups in total. The van der Waals surface area contributed by atoms with Crippen molar-refractivity contribution >= 4 is 11.7 Å². The predicted molar refractivity (Wildman–Crippen MR) is 68.3 cm³/mol. The molecular weight excluding hydrogens is 234 g/mol. The minimum Gasteiger partial charge on any atom is -0.409 e. The van der Waals surface area contributed by atoms with Crippen LogP contribution < -0.4 is 11.1 Å². The van der Waals surface area contributed by atoms with E-state index >= 15 is 0 Å². The van der Waals surface area contributed by atoms with Crippen LogP contribution in [-0.2, 0) is 9.53 Å². The Balaban J connectivity index is 2.46. The second kappa shape index (κ2) is 7.20. The Hall–Kier alpha value is -1.30. The Bertz CT molecular complexity index is 299. The van der Waals surface area contributed by atoms with E-state index in [0.29, 0.717) is 12.5 Å². The summed E-state index contributed by atoms with van der Waals surface area (Å²) in [6, 6.07) is 0. The summed E-state index contributed by atoms with van der Waals surface area (Å²) in [4.78, 5) is 12.0. The van der Waals surface area contributed by atoms with Crippen molar-refractivity contribution in [2.24, 2.45) is 28.6 Å². The first-order valence-electron chi connectivity index (χ1n) is 6.39. The molecule has 1 rings (SSSR count). The number of amides is 1. The number of amidine groups is 1. The first kappa shape index (κ1) is 14.8. The van der Waals surface area contributed by atoms with E-state index in [1.54, 1.807) is 0 Å². The number of oxime groups is 1. The fraction of sp³-hybridized carbons (Fsp3) is 0.833. The number of carbonyl (C=O) groups is 1. The minimum atomic E-state index is -0.574. The topological polar surface area (TPSA) is 96.9 Å². The van der Waals surface area contributed by atoms with Gasteiger partial charge in [-0.2, -0.15) is 0 Å². The Morgan fingerprint density at radius 1 is 1.50 bits per heavy atom. The zero-order valence-electron chi connectivity index (χ0n) is 11.1. The Morgan fingerprint density at radius 2 is 2.11 bits per heavy atom. The zero-order valence-corrected chi connectivity index (χ0v) is 11.1. The second-order valence-corrected chi connectivity index (χ2v) is 5.05. The van der Waals surface area contributed by atoms with Gasteiger partial charge in [0.15, 0.2) is 5.84 Å². The highest BCUT2D eigenvalue weighted by Gasteiger charge is 2.27. The summed E-state index contributed by atoms with van der Waals surface area (Å²) in [5.41, 5.74) is 5.55. The van der Waals surface area contributed by atoms with Gasteiger partial charge in [-0.1, -0.05) is 19.0 Å². The molecule has 1 aliphatic heterocycles. The molecule has 0 spiro atoms. The van der Waals surface area contributed by atoms with Crippen LogP contribution in [0.1, 0.15) is 26.7 Å². The Morgan fingerprint density at radius 3 is 2.61 bits per heavy atom. The standard InChI is InChI=1S/C12H23N3O3/c1-8(2)10(11(13)15-17)12(16)14-7-9-3-5-18-6-4-9/h8-10,17H,3-7H2,1-2H3,(H2,13,15)(H,14,16). The van der Waals surface area contributed by atoms with Gasteiger partial charge >= 0.3 is 0 Å². The van der Waals surface area contributed by atoms with E-state index in [0.717, 1.165) is 26.1 Å². The highest BCUT2D eigenvalue weighted by atomic mass is 16.5. The number of nitrogens with zero attached hydrogens (tertiary/aromatic N) is 1. The molecule has 0 aromatic rings. The summed E-state index contributed by atoms with van der Waals surface area (Å²) in [5.74, 6) is -0.325. The average molecular weight is 257 g/mol. The first-order valence-corrected chi connectivity index (χ1v) is 6.39. The van der Waals surface area contributed by atoms with Gasteiger partial charge in [0.1, 0.15) is 5.92 Å². The lowest BCUT2D eigenvalue weighted by molar-refractivity contribution is -0.124. The molecule has 1 unspecified atom stereocenters. The van der Waals surface area contributed by atoms with Gasteiger partial charge in [0.2, 0.25) is 5.91 Å². The molecule has 0 aliphatic carbocycles. The molecule has 1 heterocycles. The quantitative estimate of drug-likeness (QED) is 0.290. The zero-order chi connectivity index (χ0) is 13.5. The molecule has 0 aromatic heterocycles. The fourth-order valence-electron chi connectivity index (χ4n) is 2.15. The van der Waals surface area contributed by atoms with Crippen LogP contribution in [0.2, 0.25) is 0 Å². The van der Waals surface area contributed by atoms with E-state index < -0.39 is 5.92 Å². The molecule has 6 heteroatoms. The van der Waals surface area contributed by atoms with Crippen LogP contribution in [0.25, 0.3) is 0 Å². The Labute approximate surface area is 108 Å². The van der Waals surface area contributed by atoms with Crippen molar-refractivity contribution in [1.82, 2.24) is 5.32 Å². The lowest BCUT2D eigenvalue weighted by atomic mass is 9.93. The number of hydrogen-bond donors (Lipinski definition) is 3. The predicted octanol–water partition coefficient (Wildman–Crippen LogP) is 0.548. The molecule has 18 heavy (non-hydrogen) atoms. The lowest BCUT2D eigenvalue weighted by Gasteiger charge is -2.24. The maximum Gasteiger partial charge on any atom is 0.231 e. The van der Waals surface area contributed by atoms with E-state index in [2.05, 4.69) is 10.5 Å². The van der Waals surface area contributed by atoms with Crippen molar-refractivity contribution in [3.8, 4) is 0 Å². The maximum absolute atomic E-state index is 12.0. The van der Waals surface area contributed by atoms with Gasteiger partial charge in [0.25, 0.3) is 0 Å². The molecule has 6 nitrogen and oxygen atoms in total. The van der Waals surface area contributed by atoms with Gasteiger partial charge in [0, 0.05) is 19.8 Å². The second-order valence-electron chi connectivity index (χ2n) is 5.05. The average Bonchev–Trinajstić information content (AvgIpc) is 2.37. The highest BCUT2D eigenvalue weighted by Crippen LogP contribution is 2.15. The normalized spacial score (nSPS) is 19.8. The summed E-state index contributed by atoms with van der Waals surface area (Å²) in [6.07, 6.45) is 1.94. The SMILES string of the molecule is CC(C)C(C(=O)NCC1CCOCC1)C(N)=NO. The van der Waals surface area contributed by atoms with Gasteiger partial charge in [-0.15, -0.1) is 0 Å². The smallest absolute Gasteiger partial charge is 0.231 e. The molecule has 0 bridgehead atoms. The third-order valence-electron chi connectivity index (χ3n) is 3.29. The van der Waals surface area contributed by atoms with Gasteiger partial charge in [0.05, 0.1) is 0 Å². The third-order valence-corrected chi connectivity index (χ3v) is 3.29. The molecule has 1 amide bonds. The van der Waals surface area contributed by atoms with Gasteiger partial charge in [-0.25, -0.2) is 0 Å². The highest BCUT2D eigenvalue weighted by molar-refractivity contribution is 6.02. The summed E-state index contributed by atoms with van der Waals surface area (Å²) >= 11 is 0. The van der Waals surface area contributed by atoms with E-state index in [9.17, 15) is 4.79 Å². The van der Waals surface area contributed by atoms with Crippen molar-refractivity contribution in [3.05, 3.63) is 0 Å². The van der Waals surface area contributed by atoms with Crippen LogP contribution in [0.5, 0.6) is 0 Å². The lowest BCUT2D eigenvalue weighted by Crippen LogP contribution is -2.43. The van der Waals surface area contributed by atoms with Crippen molar-refractivity contribution in [2.75, 3.05) is 19.8 Å². The van der Waals surface area contributed by atoms with Crippen molar-refractivity contribution in [2.45, 2.75) is 26.7 Å². The molecule has 104 valence electrons. The molecule has 0 radical (unpaired) electrons. The number of nitrogens with one attached hydrogen (secondary N) is 1. The molecular formula is C12H23N3O3. The van der Waals surface area contributed by atoms with E-state index in [-0.39, 0.29) is 17.7 Å². The maximum atomic E-state index is 12.0. The van der Waals surface area contributed by atoms with Crippen molar-refractivity contribution in [3.63, 3.8) is 0 Å². The monoisotopic (exact) mass is 257 g/mol. The van der Waals surface area contributed by atoms with E-state index in [1.165, 1.54) is 0 Å². The number of rotatable bonds is 5. The molecule has 0 saturated carbocycles. The van der Waals surface area contributed by atoms with Gasteiger partial charge in [-0.3, -0.25) is 4.79 Å². The summed E-state index contributed by atoms with van der Waals surface area (Å²) in [7, 11) is 0. The number of hydrogen-bond acceptors (Lipinski definition) is 4. The van der Waals surface area contributed by atoms with Crippen molar-refractivity contribution < 1.29 is 14.7 Å². The Kier molecular flexibility index (Phi) is 5.91. The van der Waals surface area contributed by atoms with Crippen LogP contribution >= 0.6 is 0 Å². The van der Waals surface area contributed by atoms with Crippen LogP contribution in [0.3, 0.4) is 0 Å².